The van der Waals surface area contributed by atoms with Crippen molar-refractivity contribution in [2.75, 3.05) is 41.0 Å². The van der Waals surface area contributed by atoms with E-state index in [-0.39, 0.29) is 24.2 Å². The van der Waals surface area contributed by atoms with Crippen LogP contribution in [0.2, 0.25) is 0 Å². The van der Waals surface area contributed by atoms with Gasteiger partial charge in [0.2, 0.25) is 11.8 Å². The molecule has 1 unspecified atom stereocenters. The van der Waals surface area contributed by atoms with E-state index < -0.39 is 0 Å². The molecule has 1 aliphatic rings. The predicted octanol–water partition coefficient (Wildman–Crippen LogP) is 3.61. The fourth-order valence-electron chi connectivity index (χ4n) is 4.00. The van der Waals surface area contributed by atoms with Crippen LogP contribution in [0, 0.1) is 5.92 Å². The van der Waals surface area contributed by atoms with Gasteiger partial charge in [0.05, 0.1) is 32.4 Å². The number of thiazole rings is 1. The third-order valence-electron chi connectivity index (χ3n) is 6.00. The normalized spacial score (nSPS) is 15.3. The minimum Gasteiger partial charge on any atom is -0.493 e. The lowest BCUT2D eigenvalue weighted by atomic mass is 10.1. The van der Waals surface area contributed by atoms with Crippen molar-refractivity contribution in [1.29, 1.82) is 0 Å². The number of benzene rings is 2. The Hall–Kier alpha value is -3.43. The molecule has 8 nitrogen and oxygen atoms in total. The van der Waals surface area contributed by atoms with Crippen LogP contribution in [0.1, 0.15) is 12.0 Å². The Kier molecular flexibility index (Phi) is 7.99. The van der Waals surface area contributed by atoms with Crippen LogP contribution in [0.15, 0.2) is 47.8 Å². The second-order valence-electron chi connectivity index (χ2n) is 8.26. The molecule has 1 N–H and O–H groups in total. The van der Waals surface area contributed by atoms with Crippen molar-refractivity contribution >= 4 is 23.2 Å². The zero-order chi connectivity index (χ0) is 24.8. The maximum atomic E-state index is 12.5. The Balaban J connectivity index is 1.35. The SMILES string of the molecule is COCCN1CC(C(=O)NCc2ccc(-c3nc(-c4ccc(OC)c(OC)c4)cs3)cc2)CC1=O. The number of nitrogens with one attached hydrogen (secondary N) is 1. The van der Waals surface area contributed by atoms with Gasteiger partial charge in [0, 0.05) is 49.7 Å². The first kappa shape index (κ1) is 24.7. The number of hydrogen-bond acceptors (Lipinski definition) is 7. The molecule has 4 rings (SSSR count). The monoisotopic (exact) mass is 495 g/mol. The van der Waals surface area contributed by atoms with Crippen molar-refractivity contribution in [3.8, 4) is 33.3 Å². The van der Waals surface area contributed by atoms with Crippen molar-refractivity contribution in [3.63, 3.8) is 0 Å². The third-order valence-corrected chi connectivity index (χ3v) is 6.89. The minimum atomic E-state index is -0.316. The van der Waals surface area contributed by atoms with Gasteiger partial charge >= 0.3 is 0 Å². The number of rotatable bonds is 10. The summed E-state index contributed by atoms with van der Waals surface area (Å²) in [5.41, 5.74) is 3.81. The number of methoxy groups -OCH3 is 3. The molecule has 0 bridgehead atoms. The summed E-state index contributed by atoms with van der Waals surface area (Å²) < 4.78 is 15.7. The van der Waals surface area contributed by atoms with E-state index in [0.29, 0.717) is 37.7 Å². The highest BCUT2D eigenvalue weighted by Crippen LogP contribution is 2.34. The van der Waals surface area contributed by atoms with Crippen LogP contribution >= 0.6 is 11.3 Å². The molecule has 2 heterocycles. The number of nitrogens with zero attached hydrogens (tertiary/aromatic N) is 2. The van der Waals surface area contributed by atoms with Crippen LogP contribution in [-0.2, 0) is 20.9 Å². The molecule has 2 amide bonds. The fourth-order valence-corrected chi connectivity index (χ4v) is 4.83. The quantitative estimate of drug-likeness (QED) is 0.462. The molecule has 1 atom stereocenters. The second-order valence-corrected chi connectivity index (χ2v) is 9.11. The van der Waals surface area contributed by atoms with E-state index in [1.54, 1.807) is 37.6 Å². The number of carbonyl (C=O) groups is 2. The van der Waals surface area contributed by atoms with E-state index in [1.165, 1.54) is 0 Å². The highest BCUT2D eigenvalue weighted by atomic mass is 32.1. The average molecular weight is 496 g/mol. The van der Waals surface area contributed by atoms with Crippen LogP contribution in [-0.4, -0.2) is 62.7 Å². The second kappa shape index (κ2) is 11.3. The average Bonchev–Trinajstić information content (AvgIpc) is 3.53. The predicted molar refractivity (Wildman–Crippen MR) is 134 cm³/mol. The van der Waals surface area contributed by atoms with Crippen molar-refractivity contribution in [1.82, 2.24) is 15.2 Å². The number of aromatic nitrogens is 1. The molecule has 1 aromatic heterocycles. The Labute approximate surface area is 208 Å². The number of ether oxygens (including phenoxy) is 3. The summed E-state index contributed by atoms with van der Waals surface area (Å²) in [6.45, 7) is 1.85. The molecular formula is C26H29N3O5S. The minimum absolute atomic E-state index is 0.00227. The van der Waals surface area contributed by atoms with Crippen LogP contribution in [0.25, 0.3) is 21.8 Å². The number of hydrogen-bond donors (Lipinski definition) is 1. The largest absolute Gasteiger partial charge is 0.493 e. The zero-order valence-corrected chi connectivity index (χ0v) is 20.9. The molecule has 184 valence electrons. The van der Waals surface area contributed by atoms with Gasteiger partial charge < -0.3 is 24.4 Å². The van der Waals surface area contributed by atoms with Gasteiger partial charge in [-0.3, -0.25) is 9.59 Å². The lowest BCUT2D eigenvalue weighted by Gasteiger charge is -2.15. The molecule has 0 spiro atoms. The number of likely N-dealkylation sites (tertiary alicyclic amines) is 1. The number of carbonyl (C=O) groups excluding carboxylic acids is 2. The van der Waals surface area contributed by atoms with Gasteiger partial charge in [-0.1, -0.05) is 24.3 Å². The highest BCUT2D eigenvalue weighted by Gasteiger charge is 2.33. The van der Waals surface area contributed by atoms with Gasteiger partial charge in [0.25, 0.3) is 0 Å². The maximum absolute atomic E-state index is 12.5. The van der Waals surface area contributed by atoms with Gasteiger partial charge in [-0.15, -0.1) is 11.3 Å². The lowest BCUT2D eigenvalue weighted by Crippen LogP contribution is -2.33. The molecule has 1 saturated heterocycles. The van der Waals surface area contributed by atoms with Gasteiger partial charge in [-0.05, 0) is 23.8 Å². The van der Waals surface area contributed by atoms with Crippen LogP contribution in [0.5, 0.6) is 11.5 Å². The van der Waals surface area contributed by atoms with Crippen molar-refractivity contribution in [2.24, 2.45) is 5.92 Å². The van der Waals surface area contributed by atoms with E-state index in [1.807, 2.05) is 47.8 Å². The summed E-state index contributed by atoms with van der Waals surface area (Å²) >= 11 is 1.57. The summed E-state index contributed by atoms with van der Waals surface area (Å²) in [7, 11) is 4.83. The van der Waals surface area contributed by atoms with Crippen LogP contribution in [0.3, 0.4) is 0 Å². The van der Waals surface area contributed by atoms with Crippen molar-refractivity contribution in [3.05, 3.63) is 53.4 Å². The topological polar surface area (TPSA) is 90.0 Å². The van der Waals surface area contributed by atoms with Gasteiger partial charge in [-0.25, -0.2) is 4.98 Å². The van der Waals surface area contributed by atoms with Gasteiger partial charge in [0.1, 0.15) is 5.01 Å². The first-order valence-electron chi connectivity index (χ1n) is 11.3. The van der Waals surface area contributed by atoms with Crippen molar-refractivity contribution < 1.29 is 23.8 Å². The van der Waals surface area contributed by atoms with Gasteiger partial charge in [0.15, 0.2) is 11.5 Å². The summed E-state index contributed by atoms with van der Waals surface area (Å²) in [6.07, 6.45) is 0.251. The van der Waals surface area contributed by atoms with Crippen LogP contribution in [0.4, 0.5) is 0 Å². The maximum Gasteiger partial charge on any atom is 0.225 e. The molecule has 0 radical (unpaired) electrons. The molecule has 3 aromatic rings. The molecule has 35 heavy (non-hydrogen) atoms. The summed E-state index contributed by atoms with van der Waals surface area (Å²) in [5, 5.41) is 5.88. The zero-order valence-electron chi connectivity index (χ0n) is 20.1. The molecule has 1 fully saturated rings. The molecule has 1 aliphatic heterocycles. The Morgan fingerprint density at radius 2 is 1.83 bits per heavy atom. The first-order valence-corrected chi connectivity index (χ1v) is 12.2. The van der Waals surface area contributed by atoms with E-state index in [4.69, 9.17) is 19.2 Å². The standard InChI is InChI=1S/C26H29N3O5S/c1-32-11-10-29-15-20(13-24(29)30)25(31)27-14-17-4-6-18(7-5-17)26-28-21(16-35-26)19-8-9-22(33-2)23(12-19)34-3/h4-9,12,16,20H,10-11,13-15H2,1-3H3,(H,27,31). The van der Waals surface area contributed by atoms with Crippen LogP contribution < -0.4 is 14.8 Å². The van der Waals surface area contributed by atoms with E-state index in [0.717, 1.165) is 27.4 Å². The highest BCUT2D eigenvalue weighted by molar-refractivity contribution is 7.13. The fraction of sp³-hybridized carbons (Fsp3) is 0.346. The molecule has 2 aromatic carbocycles. The molecule has 9 heteroatoms. The Morgan fingerprint density at radius 1 is 1.09 bits per heavy atom. The number of amides is 2. The Bertz CT molecular complexity index is 1180. The molecule has 0 aliphatic carbocycles. The first-order chi connectivity index (χ1) is 17.0. The van der Waals surface area contributed by atoms with E-state index in [2.05, 4.69) is 5.32 Å². The molecular weight excluding hydrogens is 466 g/mol. The third kappa shape index (κ3) is 5.80. The Morgan fingerprint density at radius 3 is 2.54 bits per heavy atom. The lowest BCUT2D eigenvalue weighted by molar-refractivity contribution is -0.129. The van der Waals surface area contributed by atoms with Gasteiger partial charge in [-0.2, -0.15) is 0 Å². The van der Waals surface area contributed by atoms with E-state index in [9.17, 15) is 9.59 Å². The van der Waals surface area contributed by atoms with E-state index >= 15 is 0 Å². The molecule has 0 saturated carbocycles. The van der Waals surface area contributed by atoms with Crippen molar-refractivity contribution in [2.45, 2.75) is 13.0 Å². The summed E-state index contributed by atoms with van der Waals surface area (Å²) in [6, 6.07) is 13.7. The smallest absolute Gasteiger partial charge is 0.225 e. The summed E-state index contributed by atoms with van der Waals surface area (Å²) in [4.78, 5) is 31.1. The summed E-state index contributed by atoms with van der Waals surface area (Å²) in [5.74, 6) is 0.932.